The normalized spacial score (nSPS) is 13.4. The van der Waals surface area contributed by atoms with E-state index in [1.165, 1.54) is 12.8 Å². The Kier molecular flexibility index (Phi) is 4.71. The fraction of sp³-hybridized carbons (Fsp3) is 0.353. The maximum absolute atomic E-state index is 12.0. The number of methoxy groups -OCH3 is 1. The van der Waals surface area contributed by atoms with Gasteiger partial charge in [0, 0.05) is 5.92 Å². The van der Waals surface area contributed by atoms with Crippen LogP contribution in [-0.4, -0.2) is 36.4 Å². The Morgan fingerprint density at radius 1 is 1.13 bits per heavy atom. The van der Waals surface area contributed by atoms with Gasteiger partial charge in [0.05, 0.1) is 19.3 Å². The molecule has 1 saturated carbocycles. The number of benzene rings is 1. The van der Waals surface area contributed by atoms with Crippen LogP contribution < -0.4 is 14.8 Å². The average Bonchev–Trinajstić information content (AvgIpc) is 3.44. The number of rotatable bonds is 7. The molecule has 0 unspecified atom stereocenters. The summed E-state index contributed by atoms with van der Waals surface area (Å²) in [4.78, 5) is 12.0. The number of nitrogens with zero attached hydrogens (tertiary/aromatic N) is 2. The van der Waals surface area contributed by atoms with Gasteiger partial charge in [-0.1, -0.05) is 0 Å². The first-order chi connectivity index (χ1) is 11.3. The highest BCUT2D eigenvalue weighted by molar-refractivity contribution is 5.92. The van der Waals surface area contributed by atoms with Gasteiger partial charge in [-0.05, 0) is 49.2 Å². The zero-order valence-corrected chi connectivity index (χ0v) is 13.0. The summed E-state index contributed by atoms with van der Waals surface area (Å²) in [5, 5.41) is 10.8. The van der Waals surface area contributed by atoms with Crippen LogP contribution in [0.1, 0.15) is 34.9 Å². The number of hydrogen-bond donors (Lipinski definition) is 1. The summed E-state index contributed by atoms with van der Waals surface area (Å²) < 4.78 is 10.6. The van der Waals surface area contributed by atoms with Gasteiger partial charge in [0.2, 0.25) is 0 Å². The Morgan fingerprint density at radius 3 is 2.48 bits per heavy atom. The molecule has 0 atom stereocenters. The third kappa shape index (κ3) is 4.18. The SMILES string of the molecule is COc1ccc(OCCNC(=O)c2ccc(C3CC3)nn2)cc1. The minimum Gasteiger partial charge on any atom is -0.497 e. The highest BCUT2D eigenvalue weighted by Crippen LogP contribution is 2.38. The molecule has 1 fully saturated rings. The quantitative estimate of drug-likeness (QED) is 0.793. The van der Waals surface area contributed by atoms with Crippen molar-refractivity contribution in [3.63, 3.8) is 0 Å². The second-order valence-electron chi connectivity index (χ2n) is 5.40. The number of carbonyl (C=O) groups excluding carboxylic acids is 1. The molecule has 0 radical (unpaired) electrons. The summed E-state index contributed by atoms with van der Waals surface area (Å²) in [6.07, 6.45) is 2.34. The highest BCUT2D eigenvalue weighted by atomic mass is 16.5. The van der Waals surface area contributed by atoms with E-state index in [4.69, 9.17) is 9.47 Å². The molecule has 0 spiro atoms. The fourth-order valence-corrected chi connectivity index (χ4v) is 2.16. The molecule has 1 aliphatic carbocycles. The number of amides is 1. The van der Waals surface area contributed by atoms with Gasteiger partial charge in [-0.25, -0.2) is 0 Å². The van der Waals surface area contributed by atoms with Crippen LogP contribution in [0, 0.1) is 0 Å². The average molecular weight is 313 g/mol. The predicted octanol–water partition coefficient (Wildman–Crippen LogP) is 2.17. The van der Waals surface area contributed by atoms with Crippen molar-refractivity contribution in [3.8, 4) is 11.5 Å². The topological polar surface area (TPSA) is 73.3 Å². The van der Waals surface area contributed by atoms with E-state index in [0.717, 1.165) is 17.2 Å². The van der Waals surface area contributed by atoms with Crippen molar-refractivity contribution < 1.29 is 14.3 Å². The molecule has 1 N–H and O–H groups in total. The lowest BCUT2D eigenvalue weighted by Gasteiger charge is -2.08. The van der Waals surface area contributed by atoms with E-state index in [1.54, 1.807) is 13.2 Å². The van der Waals surface area contributed by atoms with Crippen molar-refractivity contribution >= 4 is 5.91 Å². The highest BCUT2D eigenvalue weighted by Gasteiger charge is 2.25. The van der Waals surface area contributed by atoms with Crippen molar-refractivity contribution in [1.29, 1.82) is 0 Å². The first-order valence-corrected chi connectivity index (χ1v) is 7.65. The second kappa shape index (κ2) is 7.09. The number of hydrogen-bond acceptors (Lipinski definition) is 5. The van der Waals surface area contributed by atoms with Crippen LogP contribution >= 0.6 is 0 Å². The fourth-order valence-electron chi connectivity index (χ4n) is 2.16. The molecule has 6 heteroatoms. The Hall–Kier alpha value is -2.63. The van der Waals surface area contributed by atoms with E-state index in [1.807, 2.05) is 30.3 Å². The van der Waals surface area contributed by atoms with E-state index in [9.17, 15) is 4.79 Å². The summed E-state index contributed by atoms with van der Waals surface area (Å²) in [5.74, 6) is 1.81. The molecule has 2 aromatic rings. The van der Waals surface area contributed by atoms with Crippen molar-refractivity contribution in [2.45, 2.75) is 18.8 Å². The van der Waals surface area contributed by atoms with E-state index in [-0.39, 0.29) is 5.91 Å². The zero-order chi connectivity index (χ0) is 16.1. The summed E-state index contributed by atoms with van der Waals surface area (Å²) in [7, 11) is 1.62. The lowest BCUT2D eigenvalue weighted by molar-refractivity contribution is 0.0941. The maximum Gasteiger partial charge on any atom is 0.271 e. The van der Waals surface area contributed by atoms with Gasteiger partial charge >= 0.3 is 0 Å². The number of nitrogens with one attached hydrogen (secondary N) is 1. The van der Waals surface area contributed by atoms with Crippen LogP contribution in [0.4, 0.5) is 0 Å². The van der Waals surface area contributed by atoms with Crippen LogP contribution in [0.15, 0.2) is 36.4 Å². The van der Waals surface area contributed by atoms with Crippen molar-refractivity contribution in [2.75, 3.05) is 20.3 Å². The van der Waals surface area contributed by atoms with Gasteiger partial charge in [-0.2, -0.15) is 5.10 Å². The van der Waals surface area contributed by atoms with Crippen LogP contribution in [0.5, 0.6) is 11.5 Å². The third-order valence-electron chi connectivity index (χ3n) is 3.63. The smallest absolute Gasteiger partial charge is 0.271 e. The summed E-state index contributed by atoms with van der Waals surface area (Å²) in [6.45, 7) is 0.780. The Balaban J connectivity index is 1.41. The van der Waals surface area contributed by atoms with Crippen LogP contribution in [0.2, 0.25) is 0 Å². The van der Waals surface area contributed by atoms with Crippen LogP contribution in [0.25, 0.3) is 0 Å². The van der Waals surface area contributed by atoms with Crippen molar-refractivity contribution in [2.24, 2.45) is 0 Å². The lowest BCUT2D eigenvalue weighted by atomic mass is 10.2. The van der Waals surface area contributed by atoms with Gasteiger partial charge in [0.15, 0.2) is 5.69 Å². The van der Waals surface area contributed by atoms with Crippen molar-refractivity contribution in [3.05, 3.63) is 47.8 Å². The number of carbonyl (C=O) groups is 1. The zero-order valence-electron chi connectivity index (χ0n) is 13.0. The first kappa shape index (κ1) is 15.3. The Bertz CT molecular complexity index is 652. The van der Waals surface area contributed by atoms with Gasteiger partial charge in [0.25, 0.3) is 5.91 Å². The molecule has 1 heterocycles. The number of ether oxygens (including phenoxy) is 2. The van der Waals surface area contributed by atoms with Crippen LogP contribution in [-0.2, 0) is 0 Å². The largest absolute Gasteiger partial charge is 0.497 e. The lowest BCUT2D eigenvalue weighted by Crippen LogP contribution is -2.29. The minimum absolute atomic E-state index is 0.238. The summed E-state index contributed by atoms with van der Waals surface area (Å²) in [6, 6.07) is 10.9. The first-order valence-electron chi connectivity index (χ1n) is 7.65. The van der Waals surface area contributed by atoms with Crippen molar-refractivity contribution in [1.82, 2.24) is 15.5 Å². The molecule has 1 aromatic heterocycles. The molecule has 6 nitrogen and oxygen atoms in total. The van der Waals surface area contributed by atoms with Gasteiger partial charge in [0.1, 0.15) is 18.1 Å². The van der Waals surface area contributed by atoms with Gasteiger partial charge < -0.3 is 14.8 Å². The molecule has 1 aromatic carbocycles. The molecule has 1 aliphatic rings. The van der Waals surface area contributed by atoms with Gasteiger partial charge in [-0.3, -0.25) is 4.79 Å². The Labute approximate surface area is 134 Å². The molecule has 120 valence electrons. The third-order valence-corrected chi connectivity index (χ3v) is 3.63. The molecule has 1 amide bonds. The molecular formula is C17H19N3O3. The molecule has 23 heavy (non-hydrogen) atoms. The minimum atomic E-state index is -0.238. The summed E-state index contributed by atoms with van der Waals surface area (Å²) >= 11 is 0. The van der Waals surface area contributed by atoms with E-state index in [2.05, 4.69) is 15.5 Å². The number of aromatic nitrogens is 2. The maximum atomic E-state index is 12.0. The predicted molar refractivity (Wildman–Crippen MR) is 84.8 cm³/mol. The van der Waals surface area contributed by atoms with Crippen LogP contribution in [0.3, 0.4) is 0 Å². The Morgan fingerprint density at radius 2 is 1.87 bits per heavy atom. The molecule has 0 bridgehead atoms. The standard InChI is InChI=1S/C17H19N3O3/c1-22-13-4-6-14(7-5-13)23-11-10-18-17(21)16-9-8-15(19-20-16)12-2-3-12/h4-9,12H,2-3,10-11H2,1H3,(H,18,21). The molecule has 3 rings (SSSR count). The van der Waals surface area contributed by atoms with Gasteiger partial charge in [-0.15, -0.1) is 5.10 Å². The summed E-state index contributed by atoms with van der Waals surface area (Å²) in [5.41, 5.74) is 1.31. The van der Waals surface area contributed by atoms with E-state index >= 15 is 0 Å². The monoisotopic (exact) mass is 313 g/mol. The molecule has 0 saturated heterocycles. The second-order valence-corrected chi connectivity index (χ2v) is 5.40. The van der Waals surface area contributed by atoms with E-state index in [0.29, 0.717) is 24.8 Å². The molecular weight excluding hydrogens is 294 g/mol. The van der Waals surface area contributed by atoms with E-state index < -0.39 is 0 Å². The molecule has 0 aliphatic heterocycles.